The van der Waals surface area contributed by atoms with Gasteiger partial charge in [-0.15, -0.1) is 0 Å². The molecule has 2 heterocycles. The second-order valence-corrected chi connectivity index (χ2v) is 4.11. The van der Waals surface area contributed by atoms with Crippen LogP contribution in [0.5, 0.6) is 0 Å². The van der Waals surface area contributed by atoms with Crippen LogP contribution >= 0.6 is 0 Å². The molecule has 1 aliphatic heterocycles. The minimum atomic E-state index is 0.0254. The van der Waals surface area contributed by atoms with Gasteiger partial charge in [0.15, 0.2) is 0 Å². The van der Waals surface area contributed by atoms with E-state index in [-0.39, 0.29) is 18.6 Å². The van der Waals surface area contributed by atoms with Crippen molar-refractivity contribution >= 4 is 0 Å². The van der Waals surface area contributed by atoms with Gasteiger partial charge >= 0.3 is 0 Å². The number of hydrogen-bond acceptors (Lipinski definition) is 3. The number of nitrogens with zero attached hydrogens (tertiary/aromatic N) is 1. The fraction of sp³-hybridized carbons (Fsp3) is 0.583. The van der Waals surface area contributed by atoms with Gasteiger partial charge in [0.05, 0.1) is 6.10 Å². The highest BCUT2D eigenvalue weighted by molar-refractivity contribution is 5.24. The number of aliphatic hydroxyl groups is 1. The molecule has 1 aliphatic rings. The van der Waals surface area contributed by atoms with Crippen molar-refractivity contribution in [2.24, 2.45) is 5.92 Å². The molecule has 1 N–H and O–H groups in total. The number of aromatic nitrogens is 1. The lowest BCUT2D eigenvalue weighted by molar-refractivity contribution is -0.0461. The second kappa shape index (κ2) is 4.73. The molecule has 0 aromatic carbocycles. The molecule has 15 heavy (non-hydrogen) atoms. The van der Waals surface area contributed by atoms with Gasteiger partial charge in [-0.2, -0.15) is 0 Å². The summed E-state index contributed by atoms with van der Waals surface area (Å²) in [7, 11) is 0. The van der Waals surface area contributed by atoms with Gasteiger partial charge in [0.25, 0.3) is 0 Å². The van der Waals surface area contributed by atoms with Crippen molar-refractivity contribution in [1.29, 1.82) is 0 Å². The first-order valence-corrected chi connectivity index (χ1v) is 5.46. The highest BCUT2D eigenvalue weighted by Crippen LogP contribution is 2.34. The fourth-order valence-electron chi connectivity index (χ4n) is 2.15. The van der Waals surface area contributed by atoms with Crippen LogP contribution in [0.1, 0.15) is 30.1 Å². The molecule has 0 aliphatic carbocycles. The van der Waals surface area contributed by atoms with Gasteiger partial charge < -0.3 is 9.84 Å². The average Bonchev–Trinajstić information content (AvgIpc) is 2.30. The fourth-order valence-corrected chi connectivity index (χ4v) is 2.15. The van der Waals surface area contributed by atoms with Crippen molar-refractivity contribution in [2.45, 2.75) is 25.9 Å². The largest absolute Gasteiger partial charge is 0.396 e. The summed E-state index contributed by atoms with van der Waals surface area (Å²) in [6.07, 6.45) is 5.75. The van der Waals surface area contributed by atoms with E-state index in [1.165, 1.54) is 5.56 Å². The topological polar surface area (TPSA) is 42.4 Å². The summed E-state index contributed by atoms with van der Waals surface area (Å²) in [6.45, 7) is 3.04. The Morgan fingerprint density at radius 3 is 3.20 bits per heavy atom. The number of aliphatic hydroxyl groups excluding tert-OH is 1. The molecule has 1 aromatic heterocycles. The van der Waals surface area contributed by atoms with E-state index in [1.54, 1.807) is 6.20 Å². The zero-order valence-corrected chi connectivity index (χ0v) is 9.02. The predicted molar refractivity (Wildman–Crippen MR) is 57.5 cm³/mol. The maximum Gasteiger partial charge on any atom is 0.0892 e. The molecule has 1 saturated heterocycles. The minimum absolute atomic E-state index is 0.0254. The van der Waals surface area contributed by atoms with Gasteiger partial charge in [-0.3, -0.25) is 4.98 Å². The summed E-state index contributed by atoms with van der Waals surface area (Å²) in [5, 5.41) is 9.31. The molecule has 2 unspecified atom stereocenters. The molecule has 3 heteroatoms. The van der Waals surface area contributed by atoms with Crippen molar-refractivity contribution in [1.82, 2.24) is 4.98 Å². The lowest BCUT2D eigenvalue weighted by Gasteiger charge is -2.31. The molecule has 1 aromatic rings. The Balaban J connectivity index is 2.24. The summed E-state index contributed by atoms with van der Waals surface area (Å²) in [5.74, 6) is 0.224. The van der Waals surface area contributed by atoms with Crippen LogP contribution < -0.4 is 0 Å². The molecule has 1 fully saturated rings. The van der Waals surface area contributed by atoms with E-state index in [9.17, 15) is 5.11 Å². The first-order chi connectivity index (χ1) is 7.33. The molecule has 0 saturated carbocycles. The summed E-state index contributed by atoms with van der Waals surface area (Å²) in [6, 6.07) is 1.99. The van der Waals surface area contributed by atoms with Gasteiger partial charge in [0.1, 0.15) is 0 Å². The number of aryl methyl sites for hydroxylation is 1. The predicted octanol–water partition coefficient (Wildman–Crippen LogP) is 1.85. The van der Waals surface area contributed by atoms with Crippen molar-refractivity contribution in [3.63, 3.8) is 0 Å². The molecule has 82 valence electrons. The van der Waals surface area contributed by atoms with Crippen LogP contribution in [0.15, 0.2) is 18.5 Å². The van der Waals surface area contributed by atoms with E-state index >= 15 is 0 Å². The van der Waals surface area contributed by atoms with Crippen LogP contribution in [0, 0.1) is 12.8 Å². The summed E-state index contributed by atoms with van der Waals surface area (Å²) in [4.78, 5) is 4.13. The van der Waals surface area contributed by atoms with E-state index in [0.29, 0.717) is 0 Å². The monoisotopic (exact) mass is 207 g/mol. The first kappa shape index (κ1) is 10.6. The molecule has 2 rings (SSSR count). The summed E-state index contributed by atoms with van der Waals surface area (Å²) < 4.78 is 5.75. The Morgan fingerprint density at radius 2 is 2.47 bits per heavy atom. The van der Waals surface area contributed by atoms with Gasteiger partial charge in [-0.05, 0) is 31.4 Å². The van der Waals surface area contributed by atoms with Crippen LogP contribution in [-0.2, 0) is 4.74 Å². The maximum atomic E-state index is 9.31. The molecule has 0 bridgehead atoms. The average molecular weight is 207 g/mol. The SMILES string of the molecule is Cc1ccncc1C1OCCCC1CO. The Kier molecular flexibility index (Phi) is 3.34. The van der Waals surface area contributed by atoms with E-state index < -0.39 is 0 Å². The third-order valence-corrected chi connectivity index (χ3v) is 3.07. The Hall–Kier alpha value is -0.930. The zero-order chi connectivity index (χ0) is 10.7. The van der Waals surface area contributed by atoms with Gasteiger partial charge in [-0.25, -0.2) is 0 Å². The summed E-state index contributed by atoms with van der Waals surface area (Å²) >= 11 is 0. The van der Waals surface area contributed by atoms with Gasteiger partial charge in [-0.1, -0.05) is 0 Å². The maximum absolute atomic E-state index is 9.31. The molecule has 0 radical (unpaired) electrons. The van der Waals surface area contributed by atoms with E-state index in [1.807, 2.05) is 12.3 Å². The molecule has 2 atom stereocenters. The van der Waals surface area contributed by atoms with Crippen LogP contribution in [0.2, 0.25) is 0 Å². The van der Waals surface area contributed by atoms with Crippen molar-refractivity contribution in [3.05, 3.63) is 29.6 Å². The highest BCUT2D eigenvalue weighted by Gasteiger charge is 2.27. The van der Waals surface area contributed by atoms with Crippen LogP contribution in [0.4, 0.5) is 0 Å². The normalized spacial score (nSPS) is 26.5. The number of rotatable bonds is 2. The van der Waals surface area contributed by atoms with E-state index in [4.69, 9.17) is 4.74 Å². The third kappa shape index (κ3) is 2.19. The molecule has 0 spiro atoms. The van der Waals surface area contributed by atoms with Crippen molar-refractivity contribution in [2.75, 3.05) is 13.2 Å². The highest BCUT2D eigenvalue weighted by atomic mass is 16.5. The van der Waals surface area contributed by atoms with Crippen molar-refractivity contribution in [3.8, 4) is 0 Å². The van der Waals surface area contributed by atoms with Gasteiger partial charge in [0, 0.05) is 37.1 Å². The molecule has 3 nitrogen and oxygen atoms in total. The lowest BCUT2D eigenvalue weighted by atomic mass is 9.89. The number of hydrogen-bond donors (Lipinski definition) is 1. The van der Waals surface area contributed by atoms with Crippen LogP contribution in [0.25, 0.3) is 0 Å². The Bertz CT molecular complexity index is 327. The van der Waals surface area contributed by atoms with Crippen LogP contribution in [0.3, 0.4) is 0 Å². The van der Waals surface area contributed by atoms with Crippen LogP contribution in [-0.4, -0.2) is 23.3 Å². The second-order valence-electron chi connectivity index (χ2n) is 4.11. The number of ether oxygens (including phenoxy) is 1. The Labute approximate surface area is 90.1 Å². The smallest absolute Gasteiger partial charge is 0.0892 e. The van der Waals surface area contributed by atoms with Crippen molar-refractivity contribution < 1.29 is 9.84 Å². The standard InChI is InChI=1S/C12H17NO2/c1-9-4-5-13-7-11(9)12-10(8-14)3-2-6-15-12/h4-5,7,10,12,14H,2-3,6,8H2,1H3. The number of pyridine rings is 1. The van der Waals surface area contributed by atoms with E-state index in [2.05, 4.69) is 11.9 Å². The quantitative estimate of drug-likeness (QED) is 0.804. The lowest BCUT2D eigenvalue weighted by Crippen LogP contribution is -2.25. The molecular formula is C12H17NO2. The Morgan fingerprint density at radius 1 is 1.60 bits per heavy atom. The molecular weight excluding hydrogens is 190 g/mol. The zero-order valence-electron chi connectivity index (χ0n) is 9.02. The van der Waals surface area contributed by atoms with E-state index in [0.717, 1.165) is 25.0 Å². The molecule has 0 amide bonds. The third-order valence-electron chi connectivity index (χ3n) is 3.07. The first-order valence-electron chi connectivity index (χ1n) is 5.46. The summed E-state index contributed by atoms with van der Waals surface area (Å²) in [5.41, 5.74) is 2.31. The van der Waals surface area contributed by atoms with Gasteiger partial charge in [0.2, 0.25) is 0 Å². The minimum Gasteiger partial charge on any atom is -0.396 e.